The minimum absolute atomic E-state index is 0.165. The lowest BCUT2D eigenvalue weighted by atomic mass is 10.2. The molecular formula is C14H25N3O3S. The molecule has 1 aromatic rings. The summed E-state index contributed by atoms with van der Waals surface area (Å²) in [5.74, 6) is 0. The Morgan fingerprint density at radius 3 is 2.57 bits per heavy atom. The quantitative estimate of drug-likeness (QED) is 0.477. The van der Waals surface area contributed by atoms with Crippen molar-refractivity contribution < 1.29 is 13.2 Å². The number of rotatable bonds is 9. The first-order valence-corrected chi connectivity index (χ1v) is 8.53. The van der Waals surface area contributed by atoms with Crippen LogP contribution in [-0.2, 0) is 14.8 Å². The van der Waals surface area contributed by atoms with Gasteiger partial charge in [0.25, 0.3) is 0 Å². The maximum atomic E-state index is 11.7. The highest BCUT2D eigenvalue weighted by Crippen LogP contribution is 2.22. The minimum Gasteiger partial charge on any atom is -0.397 e. The molecule has 7 heteroatoms. The smallest absolute Gasteiger partial charge is 0.240 e. The van der Waals surface area contributed by atoms with Crippen molar-refractivity contribution in [2.75, 3.05) is 31.2 Å². The second-order valence-corrected chi connectivity index (χ2v) is 6.90. The Kier molecular flexibility index (Phi) is 6.94. The Balaban J connectivity index is 2.47. The molecule has 4 N–H and O–H groups in total. The molecule has 0 aromatic heterocycles. The number of hydrogen-bond acceptors (Lipinski definition) is 5. The third kappa shape index (κ3) is 5.91. The largest absolute Gasteiger partial charge is 0.397 e. The predicted molar refractivity (Wildman–Crippen MR) is 85.9 cm³/mol. The first-order valence-electron chi connectivity index (χ1n) is 7.05. The molecule has 0 aliphatic carbocycles. The summed E-state index contributed by atoms with van der Waals surface area (Å²) in [5, 5.41) is 3.20. The van der Waals surface area contributed by atoms with E-state index < -0.39 is 10.0 Å². The molecule has 0 aliphatic rings. The van der Waals surface area contributed by atoms with E-state index >= 15 is 0 Å². The van der Waals surface area contributed by atoms with E-state index in [0.717, 1.165) is 31.7 Å². The molecule has 0 bridgehead atoms. The van der Waals surface area contributed by atoms with Crippen LogP contribution in [0.2, 0.25) is 0 Å². The Morgan fingerprint density at radius 1 is 1.29 bits per heavy atom. The standard InChI is InChI=1S/C14H25N3O3S/c1-11(2)20-9-5-4-8-17-14-7-6-12(10-13(14)15)21(18,19)16-3/h6-7,10-11,16-17H,4-5,8-9,15H2,1-3H3. The van der Waals surface area contributed by atoms with Crippen LogP contribution in [0.4, 0.5) is 11.4 Å². The molecule has 21 heavy (non-hydrogen) atoms. The lowest BCUT2D eigenvalue weighted by molar-refractivity contribution is 0.0765. The van der Waals surface area contributed by atoms with Crippen molar-refractivity contribution in [3.8, 4) is 0 Å². The van der Waals surface area contributed by atoms with Gasteiger partial charge < -0.3 is 15.8 Å². The van der Waals surface area contributed by atoms with E-state index in [1.54, 1.807) is 6.07 Å². The van der Waals surface area contributed by atoms with Gasteiger partial charge in [0.05, 0.1) is 22.4 Å². The van der Waals surface area contributed by atoms with E-state index in [-0.39, 0.29) is 11.0 Å². The highest BCUT2D eigenvalue weighted by Gasteiger charge is 2.12. The van der Waals surface area contributed by atoms with Crippen molar-refractivity contribution in [2.24, 2.45) is 0 Å². The van der Waals surface area contributed by atoms with Gasteiger partial charge in [0.15, 0.2) is 0 Å². The lowest BCUT2D eigenvalue weighted by Gasteiger charge is -2.11. The maximum Gasteiger partial charge on any atom is 0.240 e. The normalized spacial score (nSPS) is 11.8. The molecule has 1 aromatic carbocycles. The zero-order chi connectivity index (χ0) is 15.9. The molecule has 0 fully saturated rings. The summed E-state index contributed by atoms with van der Waals surface area (Å²) in [7, 11) is -2.08. The number of unbranched alkanes of at least 4 members (excludes halogenated alkanes) is 1. The van der Waals surface area contributed by atoms with Gasteiger partial charge in [0, 0.05) is 13.2 Å². The average molecular weight is 315 g/mol. The van der Waals surface area contributed by atoms with Gasteiger partial charge in [-0.15, -0.1) is 0 Å². The zero-order valence-corrected chi connectivity index (χ0v) is 13.7. The fraction of sp³-hybridized carbons (Fsp3) is 0.571. The topological polar surface area (TPSA) is 93.5 Å². The second kappa shape index (κ2) is 8.21. The van der Waals surface area contributed by atoms with Gasteiger partial charge in [0.2, 0.25) is 10.0 Å². The van der Waals surface area contributed by atoms with Crippen LogP contribution in [0.15, 0.2) is 23.1 Å². The monoisotopic (exact) mass is 315 g/mol. The molecule has 0 amide bonds. The minimum atomic E-state index is -3.45. The summed E-state index contributed by atoms with van der Waals surface area (Å²) < 4.78 is 31.0. The Labute approximate surface area is 127 Å². The molecule has 0 atom stereocenters. The molecular weight excluding hydrogens is 290 g/mol. The molecule has 0 saturated heterocycles. The van der Waals surface area contributed by atoms with E-state index in [1.807, 2.05) is 13.8 Å². The van der Waals surface area contributed by atoms with Crippen molar-refractivity contribution in [1.82, 2.24) is 4.72 Å². The fourth-order valence-electron chi connectivity index (χ4n) is 1.76. The predicted octanol–water partition coefficient (Wildman–Crippen LogP) is 1.79. The lowest BCUT2D eigenvalue weighted by Crippen LogP contribution is -2.18. The SMILES string of the molecule is CNS(=O)(=O)c1ccc(NCCCCOC(C)C)c(N)c1. The number of nitrogens with two attached hydrogens (primary N) is 1. The third-order valence-electron chi connectivity index (χ3n) is 2.94. The van der Waals surface area contributed by atoms with Crippen LogP contribution >= 0.6 is 0 Å². The summed E-state index contributed by atoms with van der Waals surface area (Å²) in [4.78, 5) is 0.165. The van der Waals surface area contributed by atoms with Crippen molar-refractivity contribution in [3.05, 3.63) is 18.2 Å². The van der Waals surface area contributed by atoms with Crippen LogP contribution in [0.25, 0.3) is 0 Å². The van der Waals surface area contributed by atoms with Gasteiger partial charge in [-0.1, -0.05) is 0 Å². The molecule has 0 saturated carbocycles. The number of hydrogen-bond donors (Lipinski definition) is 3. The van der Waals surface area contributed by atoms with Crippen LogP contribution in [0.3, 0.4) is 0 Å². The summed E-state index contributed by atoms with van der Waals surface area (Å²) in [6.45, 7) is 5.54. The van der Waals surface area contributed by atoms with Gasteiger partial charge in [-0.05, 0) is 51.9 Å². The number of nitrogen functional groups attached to an aromatic ring is 1. The Hall–Kier alpha value is -1.31. The van der Waals surface area contributed by atoms with Gasteiger partial charge in [-0.3, -0.25) is 0 Å². The van der Waals surface area contributed by atoms with Crippen LogP contribution < -0.4 is 15.8 Å². The number of sulfonamides is 1. The molecule has 6 nitrogen and oxygen atoms in total. The average Bonchev–Trinajstić information content (AvgIpc) is 2.43. The van der Waals surface area contributed by atoms with Crippen molar-refractivity contribution in [3.63, 3.8) is 0 Å². The van der Waals surface area contributed by atoms with E-state index in [0.29, 0.717) is 5.69 Å². The molecule has 0 spiro atoms. The zero-order valence-electron chi connectivity index (χ0n) is 12.8. The van der Waals surface area contributed by atoms with Crippen LogP contribution in [0.1, 0.15) is 26.7 Å². The number of anilines is 2. The Morgan fingerprint density at radius 2 is 2.00 bits per heavy atom. The van der Waals surface area contributed by atoms with Crippen LogP contribution in [-0.4, -0.2) is 34.7 Å². The molecule has 0 aliphatic heterocycles. The molecule has 0 radical (unpaired) electrons. The third-order valence-corrected chi connectivity index (χ3v) is 4.35. The fourth-order valence-corrected chi connectivity index (χ4v) is 2.52. The summed E-state index contributed by atoms with van der Waals surface area (Å²) >= 11 is 0. The number of ether oxygens (including phenoxy) is 1. The molecule has 1 rings (SSSR count). The van der Waals surface area contributed by atoms with Crippen molar-refractivity contribution in [2.45, 2.75) is 37.7 Å². The number of benzene rings is 1. The maximum absolute atomic E-state index is 11.7. The molecule has 0 heterocycles. The van der Waals surface area contributed by atoms with E-state index in [9.17, 15) is 8.42 Å². The Bertz CT molecular complexity index is 544. The van der Waals surface area contributed by atoms with Crippen LogP contribution in [0, 0.1) is 0 Å². The van der Waals surface area contributed by atoms with E-state index in [1.165, 1.54) is 19.2 Å². The van der Waals surface area contributed by atoms with Gasteiger partial charge in [-0.2, -0.15) is 0 Å². The van der Waals surface area contributed by atoms with E-state index in [2.05, 4.69) is 10.0 Å². The summed E-state index contributed by atoms with van der Waals surface area (Å²) in [5.41, 5.74) is 7.04. The first-order chi connectivity index (χ1) is 9.86. The molecule has 0 unspecified atom stereocenters. The van der Waals surface area contributed by atoms with Gasteiger partial charge in [0.1, 0.15) is 0 Å². The summed E-state index contributed by atoms with van der Waals surface area (Å²) in [6, 6.07) is 4.67. The van der Waals surface area contributed by atoms with Crippen molar-refractivity contribution in [1.29, 1.82) is 0 Å². The van der Waals surface area contributed by atoms with Crippen molar-refractivity contribution >= 4 is 21.4 Å². The molecule has 120 valence electrons. The number of nitrogens with one attached hydrogen (secondary N) is 2. The highest BCUT2D eigenvalue weighted by molar-refractivity contribution is 7.89. The second-order valence-electron chi connectivity index (χ2n) is 5.01. The van der Waals surface area contributed by atoms with Crippen LogP contribution in [0.5, 0.6) is 0 Å². The van der Waals surface area contributed by atoms with Gasteiger partial charge >= 0.3 is 0 Å². The first kappa shape index (κ1) is 17.7. The van der Waals surface area contributed by atoms with Gasteiger partial charge in [-0.25, -0.2) is 13.1 Å². The highest BCUT2D eigenvalue weighted by atomic mass is 32.2. The summed E-state index contributed by atoms with van der Waals surface area (Å²) in [6.07, 6.45) is 2.19. The van der Waals surface area contributed by atoms with E-state index in [4.69, 9.17) is 10.5 Å².